The number of aromatic hydroxyl groups is 2. The molecule has 0 unspecified atom stereocenters. The Balaban J connectivity index is 0.000000141. The lowest BCUT2D eigenvalue weighted by Crippen LogP contribution is -1.85. The molecule has 0 spiro atoms. The van der Waals surface area contributed by atoms with Crippen LogP contribution in [0.3, 0.4) is 0 Å². The second kappa shape index (κ2) is 9.51. The summed E-state index contributed by atoms with van der Waals surface area (Å²) in [5.74, 6) is 0.644. The summed E-state index contributed by atoms with van der Waals surface area (Å²) in [6.07, 6.45) is 0. The van der Waals surface area contributed by atoms with Gasteiger partial charge in [0.2, 0.25) is 0 Å². The van der Waals surface area contributed by atoms with E-state index in [2.05, 4.69) is 72.8 Å². The molecule has 0 aliphatic rings. The number of phenolic OH excluding ortho intramolecular Hbond substituents is 2. The summed E-state index contributed by atoms with van der Waals surface area (Å²) in [6.45, 7) is 0. The SMILES string of the molecule is Oc1ccccc1.Oc1ccccc1.c1ccc2c(c1)cc1ccc3cccc4ccc2c1c34. The first-order chi connectivity index (χ1) is 16.7. The van der Waals surface area contributed by atoms with Crippen LogP contribution in [0.4, 0.5) is 0 Å². The second-order valence-electron chi connectivity index (χ2n) is 8.12. The summed E-state index contributed by atoms with van der Waals surface area (Å²) in [5, 5.41) is 28.1. The Morgan fingerprint density at radius 3 is 1.41 bits per heavy atom. The molecule has 2 nitrogen and oxygen atoms in total. The molecule has 2 heteroatoms. The molecule has 7 rings (SSSR count). The maximum absolute atomic E-state index is 8.63. The number of hydrogen-bond acceptors (Lipinski definition) is 2. The van der Waals surface area contributed by atoms with Gasteiger partial charge in [0.1, 0.15) is 11.5 Å². The highest BCUT2D eigenvalue weighted by Gasteiger charge is 2.09. The van der Waals surface area contributed by atoms with Gasteiger partial charge < -0.3 is 10.2 Å². The zero-order chi connectivity index (χ0) is 23.3. The molecule has 0 heterocycles. The Kier molecular flexibility index (Phi) is 5.96. The largest absolute Gasteiger partial charge is 0.508 e. The van der Waals surface area contributed by atoms with Crippen molar-refractivity contribution in [3.63, 3.8) is 0 Å². The summed E-state index contributed by atoms with van der Waals surface area (Å²) in [7, 11) is 0. The number of hydrogen-bond donors (Lipinski definition) is 2. The molecule has 34 heavy (non-hydrogen) atoms. The van der Waals surface area contributed by atoms with Gasteiger partial charge in [0.25, 0.3) is 0 Å². The van der Waals surface area contributed by atoms with Gasteiger partial charge in [-0.15, -0.1) is 0 Å². The molecule has 7 aromatic carbocycles. The van der Waals surface area contributed by atoms with Crippen LogP contribution in [-0.2, 0) is 0 Å². The van der Waals surface area contributed by atoms with E-state index < -0.39 is 0 Å². The van der Waals surface area contributed by atoms with E-state index in [1.807, 2.05) is 12.1 Å². The van der Waals surface area contributed by atoms with Crippen molar-refractivity contribution in [2.45, 2.75) is 0 Å². The van der Waals surface area contributed by atoms with Crippen molar-refractivity contribution in [2.24, 2.45) is 0 Å². The van der Waals surface area contributed by atoms with Crippen molar-refractivity contribution in [3.05, 3.63) is 133 Å². The molecule has 0 saturated carbocycles. The topological polar surface area (TPSA) is 40.5 Å². The molecule has 0 aromatic heterocycles. The maximum atomic E-state index is 8.63. The Morgan fingerprint density at radius 1 is 0.324 bits per heavy atom. The van der Waals surface area contributed by atoms with E-state index in [9.17, 15) is 0 Å². The van der Waals surface area contributed by atoms with E-state index in [1.54, 1.807) is 48.5 Å². The van der Waals surface area contributed by atoms with E-state index in [1.165, 1.54) is 43.1 Å². The molecule has 164 valence electrons. The van der Waals surface area contributed by atoms with E-state index in [0.717, 1.165) is 0 Å². The molecular formula is C32H24O2. The number of para-hydroxylation sites is 2. The van der Waals surface area contributed by atoms with Crippen molar-refractivity contribution in [1.82, 2.24) is 0 Å². The monoisotopic (exact) mass is 440 g/mol. The van der Waals surface area contributed by atoms with Gasteiger partial charge in [-0.2, -0.15) is 0 Å². The Labute approximate surface area is 198 Å². The van der Waals surface area contributed by atoms with Crippen molar-refractivity contribution in [1.29, 1.82) is 0 Å². The summed E-state index contributed by atoms with van der Waals surface area (Å²) < 4.78 is 0. The van der Waals surface area contributed by atoms with Crippen LogP contribution in [0.2, 0.25) is 0 Å². The van der Waals surface area contributed by atoms with Crippen LogP contribution in [0, 0.1) is 0 Å². The van der Waals surface area contributed by atoms with Crippen LogP contribution in [0.15, 0.2) is 133 Å². The maximum Gasteiger partial charge on any atom is 0.115 e. The van der Waals surface area contributed by atoms with Gasteiger partial charge >= 0.3 is 0 Å². The van der Waals surface area contributed by atoms with Gasteiger partial charge in [-0.1, -0.05) is 103 Å². The zero-order valence-electron chi connectivity index (χ0n) is 18.6. The smallest absolute Gasteiger partial charge is 0.115 e. The Hall–Kier alpha value is -4.56. The summed E-state index contributed by atoms with van der Waals surface area (Å²) in [6, 6.07) is 43.9. The summed E-state index contributed by atoms with van der Waals surface area (Å²) >= 11 is 0. The van der Waals surface area contributed by atoms with Gasteiger partial charge in [-0.3, -0.25) is 0 Å². The standard InChI is InChI=1S/C20H12.2C6H6O/c1-2-7-17-15(4-1)12-16-9-8-13-5-3-6-14-10-11-18(17)20(16)19(13)14;2*7-6-4-2-1-3-5-6/h1-12H;2*1-5,7H. The first-order valence-corrected chi connectivity index (χ1v) is 11.2. The number of fused-ring (bicyclic) bond motifs is 2. The number of phenols is 2. The zero-order valence-corrected chi connectivity index (χ0v) is 18.6. The Bertz CT molecular complexity index is 1600. The highest BCUT2D eigenvalue weighted by Crippen LogP contribution is 2.38. The van der Waals surface area contributed by atoms with Crippen LogP contribution in [0.25, 0.3) is 43.1 Å². The van der Waals surface area contributed by atoms with Gasteiger partial charge in [-0.25, -0.2) is 0 Å². The van der Waals surface area contributed by atoms with Gasteiger partial charge in [0, 0.05) is 0 Å². The first kappa shape index (κ1) is 21.3. The first-order valence-electron chi connectivity index (χ1n) is 11.2. The molecule has 7 aromatic rings. The lowest BCUT2D eigenvalue weighted by atomic mass is 9.91. The van der Waals surface area contributed by atoms with Crippen molar-refractivity contribution >= 4 is 43.1 Å². The third kappa shape index (κ3) is 4.35. The lowest BCUT2D eigenvalue weighted by molar-refractivity contribution is 0.475. The van der Waals surface area contributed by atoms with E-state index >= 15 is 0 Å². The highest BCUT2D eigenvalue weighted by molar-refractivity contribution is 6.28. The third-order valence-corrected chi connectivity index (χ3v) is 5.88. The molecule has 0 saturated heterocycles. The average molecular weight is 441 g/mol. The summed E-state index contributed by atoms with van der Waals surface area (Å²) in [5.41, 5.74) is 0. The van der Waals surface area contributed by atoms with Crippen LogP contribution in [-0.4, -0.2) is 10.2 Å². The van der Waals surface area contributed by atoms with Crippen LogP contribution in [0.1, 0.15) is 0 Å². The molecule has 0 fully saturated rings. The third-order valence-electron chi connectivity index (χ3n) is 5.88. The van der Waals surface area contributed by atoms with Gasteiger partial charge in [-0.05, 0) is 73.4 Å². The molecule has 0 aliphatic heterocycles. The van der Waals surface area contributed by atoms with Crippen LogP contribution in [0.5, 0.6) is 11.5 Å². The fourth-order valence-corrected chi connectivity index (χ4v) is 4.35. The molecule has 0 atom stereocenters. The molecule has 0 aliphatic carbocycles. The fraction of sp³-hybridized carbons (Fsp3) is 0. The minimum Gasteiger partial charge on any atom is -0.508 e. The average Bonchev–Trinajstić information content (AvgIpc) is 2.89. The minimum atomic E-state index is 0.322. The van der Waals surface area contributed by atoms with Crippen LogP contribution < -0.4 is 0 Å². The molecule has 2 N–H and O–H groups in total. The van der Waals surface area contributed by atoms with E-state index in [0.29, 0.717) is 11.5 Å². The molecular weight excluding hydrogens is 416 g/mol. The van der Waals surface area contributed by atoms with Gasteiger partial charge in [0.15, 0.2) is 0 Å². The fourth-order valence-electron chi connectivity index (χ4n) is 4.35. The molecule has 0 bridgehead atoms. The quantitative estimate of drug-likeness (QED) is 0.183. The number of rotatable bonds is 0. The van der Waals surface area contributed by atoms with Crippen molar-refractivity contribution in [2.75, 3.05) is 0 Å². The predicted molar refractivity (Wildman–Crippen MR) is 144 cm³/mol. The molecule has 0 amide bonds. The summed E-state index contributed by atoms with van der Waals surface area (Å²) in [4.78, 5) is 0. The lowest BCUT2D eigenvalue weighted by Gasteiger charge is -2.12. The normalized spacial score (nSPS) is 10.6. The van der Waals surface area contributed by atoms with Crippen molar-refractivity contribution in [3.8, 4) is 11.5 Å². The molecule has 0 radical (unpaired) electrons. The highest BCUT2D eigenvalue weighted by atomic mass is 16.3. The van der Waals surface area contributed by atoms with E-state index in [4.69, 9.17) is 10.2 Å². The predicted octanol–water partition coefficient (Wildman–Crippen LogP) is 8.52. The van der Waals surface area contributed by atoms with Crippen molar-refractivity contribution < 1.29 is 10.2 Å². The minimum absolute atomic E-state index is 0.322. The van der Waals surface area contributed by atoms with Gasteiger partial charge in [0.05, 0.1) is 0 Å². The van der Waals surface area contributed by atoms with E-state index in [-0.39, 0.29) is 0 Å². The second-order valence-corrected chi connectivity index (χ2v) is 8.12. The Morgan fingerprint density at radius 2 is 0.824 bits per heavy atom. The number of benzene rings is 7. The van der Waals surface area contributed by atoms with Crippen LogP contribution >= 0.6 is 0 Å².